The topological polar surface area (TPSA) is 58.6 Å². The Kier molecular flexibility index (Phi) is 8.24. The van der Waals surface area contributed by atoms with Crippen molar-refractivity contribution >= 4 is 11.8 Å². The summed E-state index contributed by atoms with van der Waals surface area (Å²) in [5.74, 6) is 1.10. The summed E-state index contributed by atoms with van der Waals surface area (Å²) in [5, 5.41) is 2.88. The van der Waals surface area contributed by atoms with Crippen LogP contribution in [0.1, 0.15) is 37.7 Å². The number of likely N-dealkylation sites (tertiary alicyclic amines) is 1. The summed E-state index contributed by atoms with van der Waals surface area (Å²) in [4.78, 5) is 26.3. The van der Waals surface area contributed by atoms with Crippen molar-refractivity contribution in [1.29, 1.82) is 0 Å². The molecule has 30 heavy (non-hydrogen) atoms. The van der Waals surface area contributed by atoms with Crippen LogP contribution < -0.4 is 10.1 Å². The molecule has 0 atom stereocenters. The molecule has 1 fully saturated rings. The summed E-state index contributed by atoms with van der Waals surface area (Å²) in [6, 6.07) is 15.6. The lowest BCUT2D eigenvalue weighted by molar-refractivity contribution is -0.133. The predicted octanol–water partition coefficient (Wildman–Crippen LogP) is 3.93. The predicted molar refractivity (Wildman–Crippen MR) is 113 cm³/mol. The zero-order chi connectivity index (χ0) is 21.2. The smallest absolute Gasteiger partial charge is 0.225 e. The molecule has 3 rings (SSSR count). The lowest BCUT2D eigenvalue weighted by atomic mass is 9.92. The van der Waals surface area contributed by atoms with E-state index in [-0.39, 0.29) is 17.6 Å². The number of nitrogens with zero attached hydrogens (tertiary/aromatic N) is 1. The normalized spacial score (nSPS) is 14.4. The Labute approximate surface area is 177 Å². The third-order valence-electron chi connectivity index (χ3n) is 5.48. The Hall–Kier alpha value is -2.89. The molecule has 0 radical (unpaired) electrons. The van der Waals surface area contributed by atoms with Gasteiger partial charge in [-0.1, -0.05) is 30.3 Å². The molecule has 0 bridgehead atoms. The van der Waals surface area contributed by atoms with E-state index >= 15 is 0 Å². The Morgan fingerprint density at radius 2 is 1.70 bits per heavy atom. The van der Waals surface area contributed by atoms with E-state index in [9.17, 15) is 14.0 Å². The minimum Gasteiger partial charge on any atom is -0.493 e. The van der Waals surface area contributed by atoms with E-state index in [4.69, 9.17) is 4.74 Å². The van der Waals surface area contributed by atoms with Gasteiger partial charge in [-0.2, -0.15) is 0 Å². The summed E-state index contributed by atoms with van der Waals surface area (Å²) in [6.07, 6.45) is 3.54. The number of para-hydroxylation sites is 1. The average Bonchev–Trinajstić information content (AvgIpc) is 2.78. The quantitative estimate of drug-likeness (QED) is 0.679. The van der Waals surface area contributed by atoms with Gasteiger partial charge in [0.05, 0.1) is 13.0 Å². The van der Waals surface area contributed by atoms with Gasteiger partial charge in [-0.25, -0.2) is 4.39 Å². The molecule has 1 aliphatic rings. The molecule has 0 saturated carbocycles. The van der Waals surface area contributed by atoms with Gasteiger partial charge in [0.25, 0.3) is 0 Å². The number of hydrogen-bond donors (Lipinski definition) is 1. The largest absolute Gasteiger partial charge is 0.493 e. The van der Waals surface area contributed by atoms with Crippen molar-refractivity contribution in [3.63, 3.8) is 0 Å². The van der Waals surface area contributed by atoms with E-state index in [0.29, 0.717) is 31.9 Å². The summed E-state index contributed by atoms with van der Waals surface area (Å²) in [7, 11) is 0. The molecule has 1 N–H and O–H groups in total. The van der Waals surface area contributed by atoms with Crippen LogP contribution in [0.4, 0.5) is 4.39 Å². The highest BCUT2D eigenvalue weighted by Gasteiger charge is 2.23. The first kappa shape index (κ1) is 21.8. The van der Waals surface area contributed by atoms with E-state index in [1.165, 1.54) is 12.1 Å². The third-order valence-corrected chi connectivity index (χ3v) is 5.48. The number of hydrogen-bond acceptors (Lipinski definition) is 3. The first-order valence-electron chi connectivity index (χ1n) is 10.6. The summed E-state index contributed by atoms with van der Waals surface area (Å²) < 4.78 is 18.5. The zero-order valence-electron chi connectivity index (χ0n) is 17.2. The second kappa shape index (κ2) is 11.3. The molecule has 0 spiro atoms. The monoisotopic (exact) mass is 412 g/mol. The highest BCUT2D eigenvalue weighted by Crippen LogP contribution is 2.22. The molecule has 5 nitrogen and oxygen atoms in total. The zero-order valence-corrected chi connectivity index (χ0v) is 17.2. The van der Waals surface area contributed by atoms with E-state index in [1.54, 1.807) is 12.1 Å². The van der Waals surface area contributed by atoms with E-state index in [2.05, 4.69) is 5.32 Å². The first-order valence-corrected chi connectivity index (χ1v) is 10.6. The Bertz CT molecular complexity index is 803. The van der Waals surface area contributed by atoms with Crippen LogP contribution in [-0.4, -0.2) is 36.4 Å². The van der Waals surface area contributed by atoms with Crippen LogP contribution in [0.5, 0.6) is 5.75 Å². The minimum atomic E-state index is -0.279. The van der Waals surface area contributed by atoms with Gasteiger partial charge in [-0.05, 0) is 55.0 Å². The Morgan fingerprint density at radius 1 is 1.00 bits per heavy atom. The van der Waals surface area contributed by atoms with Crippen LogP contribution in [0.2, 0.25) is 0 Å². The molecule has 2 aromatic rings. The fourth-order valence-corrected chi connectivity index (χ4v) is 3.63. The van der Waals surface area contributed by atoms with Crippen molar-refractivity contribution in [3.8, 4) is 5.75 Å². The highest BCUT2D eigenvalue weighted by molar-refractivity contribution is 5.76. The number of nitrogens with one attached hydrogen (secondary N) is 1. The Balaban J connectivity index is 1.28. The first-order chi connectivity index (χ1) is 14.6. The molecule has 0 aliphatic carbocycles. The molecule has 0 aromatic heterocycles. The van der Waals surface area contributed by atoms with Crippen molar-refractivity contribution in [2.24, 2.45) is 5.92 Å². The van der Waals surface area contributed by atoms with E-state index < -0.39 is 0 Å². The van der Waals surface area contributed by atoms with E-state index in [1.807, 2.05) is 35.2 Å². The van der Waals surface area contributed by atoms with Gasteiger partial charge in [-0.15, -0.1) is 0 Å². The van der Waals surface area contributed by atoms with Crippen molar-refractivity contribution < 1.29 is 18.7 Å². The maximum Gasteiger partial charge on any atom is 0.225 e. The maximum absolute atomic E-state index is 12.9. The van der Waals surface area contributed by atoms with Gasteiger partial charge in [0.15, 0.2) is 0 Å². The third kappa shape index (κ3) is 7.17. The molecule has 1 saturated heterocycles. The fourth-order valence-electron chi connectivity index (χ4n) is 3.63. The molecule has 6 heteroatoms. The van der Waals surface area contributed by atoms with Crippen molar-refractivity contribution in [3.05, 3.63) is 66.0 Å². The van der Waals surface area contributed by atoms with Crippen molar-refractivity contribution in [2.75, 3.05) is 19.7 Å². The number of ether oxygens (including phenoxy) is 1. The second-order valence-corrected chi connectivity index (χ2v) is 7.68. The van der Waals surface area contributed by atoms with Crippen molar-refractivity contribution in [1.82, 2.24) is 10.2 Å². The number of carbonyl (C=O) groups is 2. The molecule has 1 heterocycles. The molecular formula is C24H29FN2O3. The van der Waals surface area contributed by atoms with Gasteiger partial charge in [0, 0.05) is 26.1 Å². The summed E-state index contributed by atoms with van der Waals surface area (Å²) in [6.45, 7) is 2.28. The van der Waals surface area contributed by atoms with E-state index in [0.717, 1.165) is 43.7 Å². The van der Waals surface area contributed by atoms with Gasteiger partial charge < -0.3 is 15.0 Å². The van der Waals surface area contributed by atoms with Crippen LogP contribution in [0.15, 0.2) is 54.6 Å². The fraction of sp³-hybridized carbons (Fsp3) is 0.417. The average molecular weight is 413 g/mol. The molecule has 160 valence electrons. The van der Waals surface area contributed by atoms with Crippen LogP contribution in [0.25, 0.3) is 0 Å². The number of benzene rings is 2. The standard InChI is InChI=1S/C24H29FN2O3/c25-21-9-6-20(7-10-21)18-26-23(28)11-8-19-12-15-27(16-13-19)24(29)14-17-30-22-4-2-1-3-5-22/h1-7,9-10,19H,8,11-18H2,(H,26,28). The minimum absolute atomic E-state index is 0.0101. The molecule has 2 amide bonds. The molecule has 2 aromatic carbocycles. The lowest BCUT2D eigenvalue weighted by Crippen LogP contribution is -2.39. The molecule has 1 aliphatic heterocycles. The number of halogens is 1. The SMILES string of the molecule is O=C(CCC1CCN(C(=O)CCOc2ccccc2)CC1)NCc1ccc(F)cc1. The van der Waals surface area contributed by atoms with Crippen LogP contribution in [0, 0.1) is 11.7 Å². The van der Waals surface area contributed by atoms with Crippen LogP contribution >= 0.6 is 0 Å². The lowest BCUT2D eigenvalue weighted by Gasteiger charge is -2.32. The summed E-state index contributed by atoms with van der Waals surface area (Å²) in [5.41, 5.74) is 0.882. The van der Waals surface area contributed by atoms with Crippen LogP contribution in [0.3, 0.4) is 0 Å². The number of carbonyl (C=O) groups excluding carboxylic acids is 2. The number of piperidine rings is 1. The van der Waals surface area contributed by atoms with Gasteiger partial charge in [0.2, 0.25) is 11.8 Å². The van der Waals surface area contributed by atoms with Gasteiger partial charge in [-0.3, -0.25) is 9.59 Å². The van der Waals surface area contributed by atoms with Gasteiger partial charge >= 0.3 is 0 Å². The molecule has 0 unspecified atom stereocenters. The number of amides is 2. The van der Waals surface area contributed by atoms with Gasteiger partial charge in [0.1, 0.15) is 11.6 Å². The summed E-state index contributed by atoms with van der Waals surface area (Å²) >= 11 is 0. The highest BCUT2D eigenvalue weighted by atomic mass is 19.1. The second-order valence-electron chi connectivity index (χ2n) is 7.68. The Morgan fingerprint density at radius 3 is 2.40 bits per heavy atom. The number of rotatable bonds is 9. The molecular weight excluding hydrogens is 383 g/mol. The van der Waals surface area contributed by atoms with Crippen LogP contribution in [-0.2, 0) is 16.1 Å². The maximum atomic E-state index is 12.9. The van der Waals surface area contributed by atoms with Crippen molar-refractivity contribution in [2.45, 2.75) is 38.6 Å².